The Hall–Kier alpha value is -0.0800. The molecule has 2 rings (SSSR count). The predicted octanol–water partition coefficient (Wildman–Crippen LogP) is 4.24. The molecule has 1 N–H and O–H groups in total. The van der Waals surface area contributed by atoms with E-state index < -0.39 is 0 Å². The Morgan fingerprint density at radius 2 is 1.90 bits per heavy atom. The molecule has 2 fully saturated rings. The third-order valence-corrected chi connectivity index (χ3v) is 6.28. The summed E-state index contributed by atoms with van der Waals surface area (Å²) in [5, 5.41) is 3.58. The second kappa shape index (κ2) is 5.28. The normalized spacial score (nSPS) is 37.4. The standard InChI is InChI=1S/C18H35NO/c1-13(11-19-16(2,3)4)12-20-15-10-14-8-9-18(15,7)17(14,5)6/h13-15,19H,8-12H2,1-7H3. The van der Waals surface area contributed by atoms with Crippen LogP contribution in [0.3, 0.4) is 0 Å². The van der Waals surface area contributed by atoms with Crippen LogP contribution in [0.2, 0.25) is 0 Å². The molecule has 118 valence electrons. The number of fused-ring (bicyclic) bond motifs is 2. The van der Waals surface area contributed by atoms with Gasteiger partial charge in [-0.3, -0.25) is 0 Å². The van der Waals surface area contributed by atoms with Gasteiger partial charge in [-0.2, -0.15) is 0 Å². The van der Waals surface area contributed by atoms with Gasteiger partial charge >= 0.3 is 0 Å². The molecule has 0 aromatic heterocycles. The zero-order valence-electron chi connectivity index (χ0n) is 14.7. The van der Waals surface area contributed by atoms with Gasteiger partial charge in [-0.25, -0.2) is 0 Å². The molecule has 2 saturated carbocycles. The van der Waals surface area contributed by atoms with Gasteiger partial charge in [0.2, 0.25) is 0 Å². The van der Waals surface area contributed by atoms with Gasteiger partial charge in [0.25, 0.3) is 0 Å². The lowest BCUT2D eigenvalue weighted by molar-refractivity contribution is -0.0570. The first kappa shape index (κ1) is 16.3. The highest BCUT2D eigenvalue weighted by molar-refractivity contribution is 5.11. The molecule has 0 saturated heterocycles. The Bertz CT molecular complexity index is 344. The van der Waals surface area contributed by atoms with Crippen molar-refractivity contribution >= 4 is 0 Å². The zero-order chi connectivity index (χ0) is 15.2. The van der Waals surface area contributed by atoms with E-state index in [1.54, 1.807) is 0 Å². The van der Waals surface area contributed by atoms with Gasteiger partial charge in [-0.15, -0.1) is 0 Å². The van der Waals surface area contributed by atoms with Crippen molar-refractivity contribution in [1.29, 1.82) is 0 Å². The van der Waals surface area contributed by atoms with E-state index in [-0.39, 0.29) is 5.54 Å². The second-order valence-electron chi connectivity index (χ2n) is 9.17. The van der Waals surface area contributed by atoms with E-state index in [1.165, 1.54) is 19.3 Å². The molecule has 4 atom stereocenters. The Morgan fingerprint density at radius 1 is 1.25 bits per heavy atom. The maximum atomic E-state index is 6.36. The van der Waals surface area contributed by atoms with Crippen LogP contribution < -0.4 is 5.32 Å². The highest BCUT2D eigenvalue weighted by Gasteiger charge is 2.61. The quantitative estimate of drug-likeness (QED) is 0.813. The first-order chi connectivity index (χ1) is 9.06. The average Bonchev–Trinajstić information content (AvgIpc) is 2.65. The van der Waals surface area contributed by atoms with E-state index in [0.29, 0.717) is 22.9 Å². The lowest BCUT2D eigenvalue weighted by Crippen LogP contribution is -2.41. The van der Waals surface area contributed by atoms with Gasteiger partial charge < -0.3 is 10.1 Å². The average molecular weight is 281 g/mol. The molecule has 0 aliphatic heterocycles. The van der Waals surface area contributed by atoms with Crippen molar-refractivity contribution in [3.63, 3.8) is 0 Å². The van der Waals surface area contributed by atoms with Gasteiger partial charge in [0.05, 0.1) is 12.7 Å². The highest BCUT2D eigenvalue weighted by atomic mass is 16.5. The smallest absolute Gasteiger partial charge is 0.0636 e. The molecule has 0 spiro atoms. The number of nitrogens with one attached hydrogen (secondary N) is 1. The predicted molar refractivity (Wildman–Crippen MR) is 85.9 cm³/mol. The fourth-order valence-electron chi connectivity index (χ4n) is 4.20. The first-order valence-corrected chi connectivity index (χ1v) is 8.43. The number of hydrogen-bond acceptors (Lipinski definition) is 2. The van der Waals surface area contributed by atoms with E-state index in [9.17, 15) is 0 Å². The van der Waals surface area contributed by atoms with Crippen LogP contribution in [0.25, 0.3) is 0 Å². The topological polar surface area (TPSA) is 21.3 Å². The van der Waals surface area contributed by atoms with Crippen molar-refractivity contribution in [2.75, 3.05) is 13.2 Å². The van der Waals surface area contributed by atoms with Crippen molar-refractivity contribution < 1.29 is 4.74 Å². The Labute approximate surface area is 126 Å². The van der Waals surface area contributed by atoms with Gasteiger partial charge in [-0.1, -0.05) is 27.7 Å². The second-order valence-corrected chi connectivity index (χ2v) is 9.17. The minimum atomic E-state index is 0.203. The van der Waals surface area contributed by atoms with Crippen LogP contribution in [0, 0.1) is 22.7 Å². The summed E-state index contributed by atoms with van der Waals surface area (Å²) >= 11 is 0. The van der Waals surface area contributed by atoms with Crippen molar-refractivity contribution in [2.24, 2.45) is 22.7 Å². The number of hydrogen-bond donors (Lipinski definition) is 1. The molecular weight excluding hydrogens is 246 g/mol. The summed E-state index contributed by atoms with van der Waals surface area (Å²) in [6, 6.07) is 0. The van der Waals surface area contributed by atoms with Gasteiger partial charge in [-0.05, 0) is 62.7 Å². The molecule has 0 amide bonds. The van der Waals surface area contributed by atoms with Crippen LogP contribution >= 0.6 is 0 Å². The van der Waals surface area contributed by atoms with Crippen molar-refractivity contribution in [2.45, 2.75) is 79.4 Å². The molecule has 0 aromatic carbocycles. The number of rotatable bonds is 5. The molecule has 0 aromatic rings. The van der Waals surface area contributed by atoms with Gasteiger partial charge in [0.1, 0.15) is 0 Å². The van der Waals surface area contributed by atoms with Crippen LogP contribution in [0.15, 0.2) is 0 Å². The third-order valence-electron chi connectivity index (χ3n) is 6.28. The molecule has 2 aliphatic rings. The fraction of sp³-hybridized carbons (Fsp3) is 1.00. The Morgan fingerprint density at radius 3 is 2.35 bits per heavy atom. The first-order valence-electron chi connectivity index (χ1n) is 8.43. The maximum absolute atomic E-state index is 6.36. The molecule has 2 heteroatoms. The van der Waals surface area contributed by atoms with Crippen LogP contribution in [0.5, 0.6) is 0 Å². The largest absolute Gasteiger partial charge is 0.377 e. The van der Waals surface area contributed by atoms with Gasteiger partial charge in [0, 0.05) is 12.1 Å². The van der Waals surface area contributed by atoms with E-state index in [0.717, 1.165) is 19.1 Å². The molecule has 2 bridgehead atoms. The van der Waals surface area contributed by atoms with Crippen molar-refractivity contribution in [1.82, 2.24) is 5.32 Å². The minimum Gasteiger partial charge on any atom is -0.377 e. The zero-order valence-corrected chi connectivity index (χ0v) is 14.7. The molecule has 20 heavy (non-hydrogen) atoms. The number of ether oxygens (including phenoxy) is 1. The maximum Gasteiger partial charge on any atom is 0.0636 e. The molecule has 0 heterocycles. The van der Waals surface area contributed by atoms with Crippen LogP contribution in [0.1, 0.15) is 67.7 Å². The van der Waals surface area contributed by atoms with Crippen LogP contribution in [0.4, 0.5) is 0 Å². The summed E-state index contributed by atoms with van der Waals surface area (Å²) in [7, 11) is 0. The summed E-state index contributed by atoms with van der Waals surface area (Å²) in [4.78, 5) is 0. The molecule has 0 radical (unpaired) electrons. The van der Waals surface area contributed by atoms with E-state index in [1.807, 2.05) is 0 Å². The Balaban J connectivity index is 1.81. The highest BCUT2D eigenvalue weighted by Crippen LogP contribution is 2.66. The molecule has 2 nitrogen and oxygen atoms in total. The summed E-state index contributed by atoms with van der Waals surface area (Å²) in [5.74, 6) is 1.46. The molecule has 2 aliphatic carbocycles. The molecular formula is C18H35NO. The van der Waals surface area contributed by atoms with Crippen molar-refractivity contribution in [3.05, 3.63) is 0 Å². The van der Waals surface area contributed by atoms with E-state index >= 15 is 0 Å². The minimum absolute atomic E-state index is 0.203. The summed E-state index contributed by atoms with van der Waals surface area (Å²) in [6.07, 6.45) is 4.52. The van der Waals surface area contributed by atoms with E-state index in [2.05, 4.69) is 53.8 Å². The van der Waals surface area contributed by atoms with Crippen LogP contribution in [-0.2, 0) is 4.74 Å². The van der Waals surface area contributed by atoms with Crippen LogP contribution in [-0.4, -0.2) is 24.8 Å². The van der Waals surface area contributed by atoms with Crippen molar-refractivity contribution in [3.8, 4) is 0 Å². The third kappa shape index (κ3) is 2.92. The summed E-state index contributed by atoms with van der Waals surface area (Å²) in [6.45, 7) is 18.3. The fourth-order valence-corrected chi connectivity index (χ4v) is 4.20. The van der Waals surface area contributed by atoms with Gasteiger partial charge in [0.15, 0.2) is 0 Å². The summed E-state index contributed by atoms with van der Waals surface area (Å²) < 4.78 is 6.36. The van der Waals surface area contributed by atoms with E-state index in [4.69, 9.17) is 4.74 Å². The lowest BCUT2D eigenvalue weighted by atomic mass is 9.70. The SMILES string of the molecule is CC(CNC(C)(C)C)COC1CC2CCC1(C)C2(C)C. The monoisotopic (exact) mass is 281 g/mol. The lowest BCUT2D eigenvalue weighted by Gasteiger charge is -2.39. The summed E-state index contributed by atoms with van der Waals surface area (Å²) in [5.41, 5.74) is 1.06. The molecule has 4 unspecified atom stereocenters. The Kier molecular flexibility index (Phi) is 4.30.